The monoisotopic (exact) mass is 317 g/mol. The van der Waals surface area contributed by atoms with Crippen molar-refractivity contribution in [2.45, 2.75) is 44.2 Å². The Hall–Kier alpha value is -1.88. The van der Waals surface area contributed by atoms with Gasteiger partial charge in [0, 0.05) is 5.92 Å². The molecule has 1 aliphatic carbocycles. The Kier molecular flexibility index (Phi) is 4.66. The molecule has 124 valence electrons. The zero-order valence-corrected chi connectivity index (χ0v) is 13.2. The number of carboxylic acids is 1. The minimum Gasteiger partial charge on any atom is -0.479 e. The summed E-state index contributed by atoms with van der Waals surface area (Å²) in [6, 6.07) is 9.34. The molecule has 0 aromatic heterocycles. The summed E-state index contributed by atoms with van der Waals surface area (Å²) in [4.78, 5) is 24.7. The van der Waals surface area contributed by atoms with Crippen molar-refractivity contribution >= 4 is 11.9 Å². The van der Waals surface area contributed by atoms with Gasteiger partial charge in [0.1, 0.15) is 6.61 Å². The summed E-state index contributed by atoms with van der Waals surface area (Å²) < 4.78 is 5.40. The van der Waals surface area contributed by atoms with Crippen molar-refractivity contribution in [2.75, 3.05) is 6.54 Å². The summed E-state index contributed by atoms with van der Waals surface area (Å²) in [5.74, 6) is -1.63. The molecule has 1 saturated heterocycles. The number of nitrogens with one attached hydrogen (secondary N) is 1. The quantitative estimate of drug-likeness (QED) is 0.658. The van der Waals surface area contributed by atoms with Gasteiger partial charge in [-0.05, 0) is 30.9 Å². The van der Waals surface area contributed by atoms with Crippen LogP contribution < -0.4 is 5.32 Å². The molecule has 5 heteroatoms. The lowest BCUT2D eigenvalue weighted by Crippen LogP contribution is -2.68. The van der Waals surface area contributed by atoms with Gasteiger partial charge >= 0.3 is 11.9 Å². The SMILES string of the molecule is O=C(O)C1(C(=O)OCc2ccccc2)NCCC2CCCCC21. The minimum atomic E-state index is -1.59. The van der Waals surface area contributed by atoms with Gasteiger partial charge in [-0.1, -0.05) is 49.6 Å². The Morgan fingerprint density at radius 2 is 1.91 bits per heavy atom. The van der Waals surface area contributed by atoms with Crippen molar-refractivity contribution in [3.05, 3.63) is 35.9 Å². The lowest BCUT2D eigenvalue weighted by atomic mass is 9.65. The highest BCUT2D eigenvalue weighted by Gasteiger charge is 2.58. The number of hydrogen-bond acceptors (Lipinski definition) is 4. The zero-order valence-electron chi connectivity index (χ0n) is 13.2. The molecule has 0 bridgehead atoms. The molecule has 2 fully saturated rings. The Morgan fingerprint density at radius 3 is 2.65 bits per heavy atom. The van der Waals surface area contributed by atoms with Crippen molar-refractivity contribution in [3.63, 3.8) is 0 Å². The minimum absolute atomic E-state index is 0.105. The molecule has 0 amide bonds. The van der Waals surface area contributed by atoms with E-state index in [-0.39, 0.29) is 12.5 Å². The van der Waals surface area contributed by atoms with Crippen LogP contribution in [0.3, 0.4) is 0 Å². The van der Waals surface area contributed by atoms with E-state index in [1.807, 2.05) is 30.3 Å². The molecule has 3 unspecified atom stereocenters. The highest BCUT2D eigenvalue weighted by Crippen LogP contribution is 2.42. The number of piperidine rings is 1. The van der Waals surface area contributed by atoms with Crippen LogP contribution in [0.25, 0.3) is 0 Å². The smallest absolute Gasteiger partial charge is 0.338 e. The fourth-order valence-corrected chi connectivity index (χ4v) is 4.09. The standard InChI is InChI=1S/C18H23NO4/c20-16(21)18(15-9-5-4-8-14(15)10-11-19-18)17(22)23-12-13-6-2-1-3-7-13/h1-3,6-7,14-15,19H,4-5,8-12H2,(H,20,21). The van der Waals surface area contributed by atoms with E-state index in [0.717, 1.165) is 37.7 Å². The van der Waals surface area contributed by atoms with Crippen LogP contribution in [0.4, 0.5) is 0 Å². The number of carbonyl (C=O) groups is 2. The number of carboxylic acid groups (broad SMARTS) is 1. The first kappa shape index (κ1) is 16.0. The van der Waals surface area contributed by atoms with Gasteiger partial charge in [0.15, 0.2) is 0 Å². The second kappa shape index (κ2) is 6.71. The molecule has 2 aliphatic rings. The second-order valence-corrected chi connectivity index (χ2v) is 6.54. The molecule has 3 rings (SSSR count). The van der Waals surface area contributed by atoms with Gasteiger partial charge in [-0.3, -0.25) is 5.32 Å². The number of benzene rings is 1. The van der Waals surface area contributed by atoms with Gasteiger partial charge in [-0.15, -0.1) is 0 Å². The lowest BCUT2D eigenvalue weighted by molar-refractivity contribution is -0.172. The van der Waals surface area contributed by atoms with Gasteiger partial charge in [-0.25, -0.2) is 9.59 Å². The summed E-state index contributed by atoms with van der Waals surface area (Å²) in [6.45, 7) is 0.654. The molecular formula is C18H23NO4. The number of hydrogen-bond donors (Lipinski definition) is 2. The molecule has 1 aliphatic heterocycles. The lowest BCUT2D eigenvalue weighted by Gasteiger charge is -2.46. The van der Waals surface area contributed by atoms with E-state index in [9.17, 15) is 14.7 Å². The Balaban J connectivity index is 1.79. The van der Waals surface area contributed by atoms with Crippen LogP contribution in [0, 0.1) is 11.8 Å². The molecule has 1 heterocycles. The molecule has 1 aromatic rings. The first-order valence-electron chi connectivity index (χ1n) is 8.34. The van der Waals surface area contributed by atoms with E-state index in [1.165, 1.54) is 0 Å². The maximum Gasteiger partial charge on any atom is 0.338 e. The molecular weight excluding hydrogens is 294 g/mol. The summed E-state index contributed by atoms with van der Waals surface area (Å²) >= 11 is 0. The third-order valence-electron chi connectivity index (χ3n) is 5.26. The van der Waals surface area contributed by atoms with E-state index in [0.29, 0.717) is 12.5 Å². The Morgan fingerprint density at radius 1 is 1.17 bits per heavy atom. The van der Waals surface area contributed by atoms with Gasteiger partial charge in [0.05, 0.1) is 0 Å². The molecule has 23 heavy (non-hydrogen) atoms. The molecule has 2 N–H and O–H groups in total. The van der Waals surface area contributed by atoms with E-state index >= 15 is 0 Å². The van der Waals surface area contributed by atoms with Gasteiger partial charge < -0.3 is 9.84 Å². The number of rotatable bonds is 4. The van der Waals surface area contributed by atoms with Crippen LogP contribution in [-0.4, -0.2) is 29.1 Å². The van der Waals surface area contributed by atoms with E-state index < -0.39 is 17.5 Å². The van der Waals surface area contributed by atoms with E-state index in [2.05, 4.69) is 5.32 Å². The van der Waals surface area contributed by atoms with Gasteiger partial charge in [-0.2, -0.15) is 0 Å². The number of ether oxygens (including phenoxy) is 1. The summed E-state index contributed by atoms with van der Waals surface area (Å²) in [5, 5.41) is 12.8. The van der Waals surface area contributed by atoms with Gasteiger partial charge in [0.25, 0.3) is 0 Å². The predicted molar refractivity (Wildman–Crippen MR) is 84.7 cm³/mol. The van der Waals surface area contributed by atoms with Crippen molar-refractivity contribution in [2.24, 2.45) is 11.8 Å². The predicted octanol–water partition coefficient (Wildman–Crippen LogP) is 2.35. The van der Waals surface area contributed by atoms with Crippen LogP contribution in [0.1, 0.15) is 37.7 Å². The summed E-state index contributed by atoms with van der Waals surface area (Å²) in [5.41, 5.74) is -0.727. The largest absolute Gasteiger partial charge is 0.479 e. The number of fused-ring (bicyclic) bond motifs is 1. The van der Waals surface area contributed by atoms with Crippen molar-refractivity contribution < 1.29 is 19.4 Å². The van der Waals surface area contributed by atoms with Crippen molar-refractivity contribution in [3.8, 4) is 0 Å². The highest BCUT2D eigenvalue weighted by atomic mass is 16.5. The first-order valence-corrected chi connectivity index (χ1v) is 8.34. The topological polar surface area (TPSA) is 75.6 Å². The number of aliphatic carboxylic acids is 1. The third-order valence-corrected chi connectivity index (χ3v) is 5.26. The summed E-state index contributed by atoms with van der Waals surface area (Å²) in [7, 11) is 0. The molecule has 0 spiro atoms. The average molecular weight is 317 g/mol. The van der Waals surface area contributed by atoms with Crippen LogP contribution in [-0.2, 0) is 20.9 Å². The fraction of sp³-hybridized carbons (Fsp3) is 0.556. The van der Waals surface area contributed by atoms with Crippen LogP contribution >= 0.6 is 0 Å². The molecule has 0 radical (unpaired) electrons. The average Bonchev–Trinajstić information content (AvgIpc) is 2.59. The molecule has 1 saturated carbocycles. The fourth-order valence-electron chi connectivity index (χ4n) is 4.09. The Bertz CT molecular complexity index is 572. The van der Waals surface area contributed by atoms with E-state index in [1.54, 1.807) is 0 Å². The maximum atomic E-state index is 12.7. The molecule has 3 atom stereocenters. The number of carbonyl (C=O) groups excluding carboxylic acids is 1. The van der Waals surface area contributed by atoms with E-state index in [4.69, 9.17) is 4.74 Å². The van der Waals surface area contributed by atoms with Gasteiger partial charge in [0.2, 0.25) is 5.54 Å². The maximum absolute atomic E-state index is 12.7. The van der Waals surface area contributed by atoms with Crippen LogP contribution in [0.5, 0.6) is 0 Å². The van der Waals surface area contributed by atoms with Crippen LogP contribution in [0.15, 0.2) is 30.3 Å². The summed E-state index contributed by atoms with van der Waals surface area (Å²) in [6.07, 6.45) is 4.81. The molecule has 5 nitrogen and oxygen atoms in total. The Labute approximate surface area is 136 Å². The van der Waals surface area contributed by atoms with Crippen molar-refractivity contribution in [1.29, 1.82) is 0 Å². The normalized spacial score (nSPS) is 30.3. The third kappa shape index (κ3) is 2.98. The number of esters is 1. The second-order valence-electron chi connectivity index (χ2n) is 6.54. The zero-order chi connectivity index (χ0) is 16.3. The van der Waals surface area contributed by atoms with Crippen LogP contribution in [0.2, 0.25) is 0 Å². The highest BCUT2D eigenvalue weighted by molar-refractivity contribution is 6.04. The molecule has 1 aromatic carbocycles. The first-order chi connectivity index (χ1) is 11.1. The van der Waals surface area contributed by atoms with Crippen molar-refractivity contribution in [1.82, 2.24) is 5.32 Å².